The van der Waals surface area contributed by atoms with E-state index in [4.69, 9.17) is 9.98 Å². The van der Waals surface area contributed by atoms with Gasteiger partial charge in [0.05, 0.1) is 22.8 Å². The molecule has 0 spiro atoms. The van der Waals surface area contributed by atoms with E-state index in [9.17, 15) is 0 Å². The number of hydrogen-bond donors (Lipinski definition) is 0. The molecule has 0 radical (unpaired) electrons. The molecule has 11 aromatic rings. The van der Waals surface area contributed by atoms with Crippen LogP contribution in [0.25, 0.3) is 0 Å². The average Bonchev–Trinajstić information content (AvgIpc) is 3.06. The van der Waals surface area contributed by atoms with Gasteiger partial charge in [-0.15, -0.1) is 0 Å². The predicted molar refractivity (Wildman–Crippen MR) is 363 cm³/mol. The minimum absolute atomic E-state index is 0.462. The normalized spacial score (nSPS) is 13.5. The Morgan fingerprint density at radius 2 is 0.430 bits per heavy atom. The molecule has 0 atom stereocenters. The third-order valence-electron chi connectivity index (χ3n) is 17.0. The highest BCUT2D eigenvalue weighted by Gasteiger charge is 2.26. The highest BCUT2D eigenvalue weighted by Crippen LogP contribution is 2.40. The second-order valence-corrected chi connectivity index (χ2v) is 22.6. The minimum atomic E-state index is 0.462. The van der Waals surface area contributed by atoms with Gasteiger partial charge in [-0.25, -0.2) is 9.98 Å². The van der Waals surface area contributed by atoms with E-state index in [1.807, 2.05) is 0 Å². The second-order valence-electron chi connectivity index (χ2n) is 22.6. The number of hydrogen-bond acceptors (Lipinski definition) is 6. The topological polar surface area (TPSA) is 37.7 Å². The van der Waals surface area contributed by atoms with Gasteiger partial charge in [-0.1, -0.05) is 196 Å². The fourth-order valence-electron chi connectivity index (χ4n) is 12.7. The molecule has 0 unspecified atom stereocenters. The first-order valence-electron chi connectivity index (χ1n) is 30.9. The van der Waals surface area contributed by atoms with Gasteiger partial charge in [0, 0.05) is 91.2 Å². The number of aliphatic imine (C=N–C) groups is 2. The maximum atomic E-state index is 5.56. The number of nitrogens with zero attached hydrogens (tertiary/aromatic N) is 6. The van der Waals surface area contributed by atoms with Gasteiger partial charge in [0.15, 0.2) is 0 Å². The van der Waals surface area contributed by atoms with Gasteiger partial charge in [0.2, 0.25) is 0 Å². The van der Waals surface area contributed by atoms with Crippen LogP contribution in [0.3, 0.4) is 0 Å². The quantitative estimate of drug-likeness (QED) is 0.0803. The molecule has 13 rings (SSSR count). The van der Waals surface area contributed by atoms with Crippen molar-refractivity contribution in [2.24, 2.45) is 9.98 Å². The van der Waals surface area contributed by atoms with Crippen molar-refractivity contribution < 1.29 is 0 Å². The Morgan fingerprint density at radius 1 is 0.221 bits per heavy atom. The summed E-state index contributed by atoms with van der Waals surface area (Å²) >= 11 is 0. The summed E-state index contributed by atoms with van der Waals surface area (Å²) in [5.74, 6) is 0. The van der Waals surface area contributed by atoms with Gasteiger partial charge in [-0.3, -0.25) is 0 Å². The summed E-state index contributed by atoms with van der Waals surface area (Å²) in [6, 6.07) is 109. The van der Waals surface area contributed by atoms with Gasteiger partial charge >= 0.3 is 0 Å². The molecular weight excluding hydrogens is 1040 g/mol. The zero-order valence-corrected chi connectivity index (χ0v) is 48.8. The molecular formula is C80H72N6. The summed E-state index contributed by atoms with van der Waals surface area (Å²) in [5.41, 5.74) is 19.0. The van der Waals surface area contributed by atoms with E-state index in [1.165, 1.54) is 87.0 Å². The third-order valence-corrected chi connectivity index (χ3v) is 17.0. The summed E-state index contributed by atoms with van der Waals surface area (Å²) < 4.78 is 0. The van der Waals surface area contributed by atoms with Gasteiger partial charge in [-0.2, -0.15) is 0 Å². The Hall–Kier alpha value is -10.0. The Labute approximate surface area is 508 Å². The van der Waals surface area contributed by atoms with Crippen LogP contribution in [-0.2, 0) is 0 Å². The number of anilines is 10. The maximum Gasteiger partial charge on any atom is 0.0781 e. The lowest BCUT2D eigenvalue weighted by molar-refractivity contribution is 0.436. The van der Waals surface area contributed by atoms with Crippen LogP contribution in [0.1, 0.15) is 86.5 Å². The molecule has 11 aromatic carbocycles. The van der Waals surface area contributed by atoms with E-state index in [-0.39, 0.29) is 0 Å². The molecule has 0 bridgehead atoms. The molecule has 0 heterocycles. The van der Waals surface area contributed by atoms with Crippen molar-refractivity contribution in [1.29, 1.82) is 0 Å². The van der Waals surface area contributed by atoms with Crippen LogP contribution in [0.5, 0.6) is 0 Å². The lowest BCUT2D eigenvalue weighted by Gasteiger charge is -2.36. The second kappa shape index (κ2) is 26.7. The van der Waals surface area contributed by atoms with Crippen LogP contribution in [-0.4, -0.2) is 23.5 Å². The molecule has 0 N–H and O–H groups in total. The van der Waals surface area contributed by atoms with Crippen molar-refractivity contribution in [3.63, 3.8) is 0 Å². The SMILES string of the molecule is c1ccc(N(c2ccccc2)c2ccc(C(=Nc3ccc(N=C(c4ccc(N(c5ccccc5)C5CCCCC5)cc4)c4ccc(N(c5ccccc5)C5CCCCC5)cc4)cc3)c3ccc(N(c4ccccc4)c4ccccc4)cc3)cc2)cc1. The molecule has 0 aromatic heterocycles. The Bertz CT molecular complexity index is 3630. The first-order chi connectivity index (χ1) is 42.7. The lowest BCUT2D eigenvalue weighted by Crippen LogP contribution is -2.33. The first kappa shape index (κ1) is 55.2. The Morgan fingerprint density at radius 3 is 0.686 bits per heavy atom. The van der Waals surface area contributed by atoms with Crippen molar-refractivity contribution in [2.75, 3.05) is 19.6 Å². The van der Waals surface area contributed by atoms with Crippen molar-refractivity contribution >= 4 is 79.7 Å². The van der Waals surface area contributed by atoms with Crippen LogP contribution in [0, 0.1) is 0 Å². The van der Waals surface area contributed by atoms with Gasteiger partial charge in [0.1, 0.15) is 0 Å². The van der Waals surface area contributed by atoms with Crippen molar-refractivity contribution in [2.45, 2.75) is 76.3 Å². The fraction of sp³-hybridized carbons (Fsp3) is 0.150. The molecule has 86 heavy (non-hydrogen) atoms. The molecule has 2 aliphatic carbocycles. The summed E-state index contributed by atoms with van der Waals surface area (Å²) in [5, 5.41) is 0. The van der Waals surface area contributed by atoms with Crippen molar-refractivity contribution in [3.05, 3.63) is 326 Å². The fourth-order valence-corrected chi connectivity index (χ4v) is 12.7. The van der Waals surface area contributed by atoms with Crippen LogP contribution in [0.2, 0.25) is 0 Å². The molecule has 0 saturated heterocycles. The summed E-state index contributed by atoms with van der Waals surface area (Å²) in [7, 11) is 0. The maximum absolute atomic E-state index is 5.56. The minimum Gasteiger partial charge on any atom is -0.338 e. The van der Waals surface area contributed by atoms with Gasteiger partial charge in [-0.05, 0) is 171 Å². The van der Waals surface area contributed by atoms with E-state index in [0.29, 0.717) is 12.1 Å². The molecule has 6 nitrogen and oxygen atoms in total. The van der Waals surface area contributed by atoms with E-state index < -0.39 is 0 Å². The highest BCUT2D eigenvalue weighted by molar-refractivity contribution is 6.15. The van der Waals surface area contributed by atoms with E-state index in [1.54, 1.807) is 0 Å². The average molecular weight is 1120 g/mol. The Balaban J connectivity index is 0.879. The molecule has 0 amide bonds. The smallest absolute Gasteiger partial charge is 0.0781 e. The van der Waals surface area contributed by atoms with Gasteiger partial charge < -0.3 is 19.6 Å². The molecule has 2 fully saturated rings. The molecule has 2 saturated carbocycles. The molecule has 422 valence electrons. The monoisotopic (exact) mass is 1120 g/mol. The lowest BCUT2D eigenvalue weighted by atomic mass is 9.92. The molecule has 6 heteroatoms. The zero-order valence-electron chi connectivity index (χ0n) is 48.8. The summed E-state index contributed by atoms with van der Waals surface area (Å²) in [6.07, 6.45) is 12.5. The highest BCUT2D eigenvalue weighted by atomic mass is 15.2. The van der Waals surface area contributed by atoms with Crippen LogP contribution in [0.4, 0.5) is 68.2 Å². The standard InChI is InChI=1S/C80H72N6/c1-9-25-67(26-10-1)83(68-27-11-2-12-28-68)75-53-41-61(42-54-75)79(62-43-55-76(56-44-62)84(69-29-13-3-14-30-69)70-31-15-4-16-32-70)81-65-49-51-66(52-50-65)82-80(63-45-57-77(58-46-63)85(71-33-17-5-18-34-71)72-35-19-6-20-36-72)64-47-59-78(60-48-64)86(73-37-21-7-22-38-73)74-39-23-8-24-40-74/h1-5,7,9-18,21-22,25-34,37-38,41-60,72,74H,6,8,19-20,23-24,35-36,39-40H2. The van der Waals surface area contributed by atoms with Crippen LogP contribution >= 0.6 is 0 Å². The first-order valence-corrected chi connectivity index (χ1v) is 30.9. The van der Waals surface area contributed by atoms with Crippen molar-refractivity contribution in [1.82, 2.24) is 0 Å². The largest absolute Gasteiger partial charge is 0.338 e. The summed E-state index contributed by atoms with van der Waals surface area (Å²) in [6.45, 7) is 0. The van der Waals surface area contributed by atoms with Crippen LogP contribution in [0.15, 0.2) is 313 Å². The third kappa shape index (κ3) is 12.7. The zero-order chi connectivity index (χ0) is 57.7. The van der Waals surface area contributed by atoms with Crippen LogP contribution < -0.4 is 19.6 Å². The van der Waals surface area contributed by atoms with Crippen molar-refractivity contribution in [3.8, 4) is 0 Å². The van der Waals surface area contributed by atoms with E-state index in [0.717, 1.165) is 79.2 Å². The number of rotatable bonds is 18. The Kier molecular flexibility index (Phi) is 17.1. The van der Waals surface area contributed by atoms with Gasteiger partial charge in [0.25, 0.3) is 0 Å². The molecule has 2 aliphatic rings. The van der Waals surface area contributed by atoms with E-state index >= 15 is 0 Å². The summed E-state index contributed by atoms with van der Waals surface area (Å²) in [4.78, 5) is 20.8. The number of para-hydroxylation sites is 6. The number of benzene rings is 11. The van der Waals surface area contributed by atoms with E-state index in [2.05, 4.69) is 323 Å². The molecule has 0 aliphatic heterocycles. The predicted octanol–water partition coefficient (Wildman–Crippen LogP) is 21.9.